The molecule has 2 unspecified atom stereocenters. The lowest BCUT2D eigenvalue weighted by Gasteiger charge is -2.39. The van der Waals surface area contributed by atoms with Crippen LogP contribution in [0.5, 0.6) is 0 Å². The molecule has 1 aliphatic rings. The van der Waals surface area contributed by atoms with E-state index in [2.05, 4.69) is 37.2 Å². The highest BCUT2D eigenvalue weighted by molar-refractivity contribution is 7.40. The Kier molecular flexibility index (Phi) is 3.32. The van der Waals surface area contributed by atoms with Gasteiger partial charge in [-0.15, -0.1) is 18.5 Å². The topological polar surface area (TPSA) is 3.24 Å². The van der Waals surface area contributed by atoms with Crippen molar-refractivity contribution in [1.29, 1.82) is 0 Å². The summed E-state index contributed by atoms with van der Waals surface area (Å²) in [6.45, 7) is 7.04. The maximum Gasteiger partial charge on any atom is 0.0119 e. The molecule has 1 rings (SSSR count). The van der Waals surface area contributed by atoms with Gasteiger partial charge in [0.15, 0.2) is 0 Å². The average molecular weight is 191 g/mol. The van der Waals surface area contributed by atoms with E-state index in [4.69, 9.17) is 0 Å². The van der Waals surface area contributed by atoms with Crippen molar-refractivity contribution in [3.05, 3.63) is 0 Å². The maximum atomic E-state index is 2.95. The van der Waals surface area contributed by atoms with Gasteiger partial charge in [0.25, 0.3) is 0 Å². The van der Waals surface area contributed by atoms with E-state index < -0.39 is 0 Å². The quantitative estimate of drug-likeness (QED) is 0.572. The van der Waals surface area contributed by atoms with Crippen LogP contribution in [0.15, 0.2) is 0 Å². The Bertz CT molecular complexity index is 134. The number of nitrogens with zero attached hydrogens (tertiary/aromatic N) is 1. The van der Waals surface area contributed by atoms with Crippen molar-refractivity contribution in [1.82, 2.24) is 4.90 Å². The van der Waals surface area contributed by atoms with Gasteiger partial charge in [0.1, 0.15) is 0 Å². The molecule has 66 valence electrons. The second-order valence-corrected chi connectivity index (χ2v) is 6.87. The van der Waals surface area contributed by atoms with Gasteiger partial charge in [-0.05, 0) is 33.2 Å². The molecule has 0 aromatic carbocycles. The van der Waals surface area contributed by atoms with E-state index in [1.165, 1.54) is 25.9 Å². The summed E-state index contributed by atoms with van der Waals surface area (Å²) >= 11 is 0. The highest BCUT2D eigenvalue weighted by Crippen LogP contribution is 2.36. The van der Waals surface area contributed by atoms with Crippen molar-refractivity contribution in [2.75, 3.05) is 13.1 Å². The Morgan fingerprint density at radius 1 is 1.36 bits per heavy atom. The summed E-state index contributed by atoms with van der Waals surface area (Å²) in [5.41, 5.74) is 0. The van der Waals surface area contributed by atoms with Gasteiger partial charge >= 0.3 is 0 Å². The molecule has 11 heavy (non-hydrogen) atoms. The highest BCUT2D eigenvalue weighted by Gasteiger charge is 2.27. The van der Waals surface area contributed by atoms with Gasteiger partial charge in [-0.25, -0.2) is 0 Å². The third-order valence-corrected chi connectivity index (χ3v) is 3.26. The molecule has 0 radical (unpaired) electrons. The smallest absolute Gasteiger partial charge is 0.0119 e. The Balaban J connectivity index is 2.46. The van der Waals surface area contributed by atoms with Crippen LogP contribution in [0.2, 0.25) is 0 Å². The van der Waals surface area contributed by atoms with Gasteiger partial charge in [0.2, 0.25) is 0 Å². The molecule has 0 bridgehead atoms. The second-order valence-electron chi connectivity index (χ2n) is 3.90. The Morgan fingerprint density at radius 2 is 2.00 bits per heavy atom. The van der Waals surface area contributed by atoms with E-state index in [1.807, 2.05) is 0 Å². The fraction of sp³-hybridized carbons (Fsp3) is 1.00. The zero-order chi connectivity index (χ0) is 8.48. The van der Waals surface area contributed by atoms with Crippen LogP contribution in [0.4, 0.5) is 0 Å². The summed E-state index contributed by atoms with van der Waals surface area (Å²) in [6.07, 6.45) is 2.66. The predicted octanol–water partition coefficient (Wildman–Crippen LogP) is 1.94. The minimum absolute atomic E-state index is 0.391. The normalized spacial score (nSPS) is 25.9. The van der Waals surface area contributed by atoms with E-state index >= 15 is 0 Å². The molecule has 2 atom stereocenters. The van der Waals surface area contributed by atoms with Crippen molar-refractivity contribution in [2.45, 2.75) is 37.6 Å². The SMILES string of the molecule is CC(C)N1CCCC(P)(P)C1. The standard InChI is InChI=1S/C8H19NP2/c1-7(2)9-5-3-4-8(10,11)6-9/h7H,3-6,10-11H2,1-2H3. The molecule has 0 amide bonds. The van der Waals surface area contributed by atoms with Crippen molar-refractivity contribution in [3.63, 3.8) is 0 Å². The van der Waals surface area contributed by atoms with Crippen LogP contribution in [-0.4, -0.2) is 28.9 Å². The van der Waals surface area contributed by atoms with E-state index in [-0.39, 0.29) is 0 Å². The van der Waals surface area contributed by atoms with Gasteiger partial charge in [0, 0.05) is 17.5 Å². The Labute approximate surface area is 74.7 Å². The van der Waals surface area contributed by atoms with Crippen LogP contribution >= 0.6 is 18.5 Å². The summed E-state index contributed by atoms with van der Waals surface area (Å²) in [5.74, 6) is 0. The summed E-state index contributed by atoms with van der Waals surface area (Å²) in [4.78, 5) is 2.94. The van der Waals surface area contributed by atoms with Crippen molar-refractivity contribution in [2.24, 2.45) is 0 Å². The molecule has 0 aromatic rings. The molecule has 0 spiro atoms. The lowest BCUT2D eigenvalue weighted by molar-refractivity contribution is 0.181. The van der Waals surface area contributed by atoms with Gasteiger partial charge in [-0.3, -0.25) is 4.90 Å². The predicted molar refractivity (Wildman–Crippen MR) is 58.1 cm³/mol. The number of hydrogen-bond donors (Lipinski definition) is 0. The fourth-order valence-corrected chi connectivity index (χ4v) is 2.47. The van der Waals surface area contributed by atoms with Crippen LogP contribution in [0, 0.1) is 0 Å². The first-order valence-electron chi connectivity index (χ1n) is 4.33. The van der Waals surface area contributed by atoms with E-state index in [0.717, 1.165) is 0 Å². The first kappa shape index (κ1) is 9.90. The molecular weight excluding hydrogens is 172 g/mol. The van der Waals surface area contributed by atoms with E-state index in [9.17, 15) is 0 Å². The average Bonchev–Trinajstić information content (AvgIpc) is 1.85. The maximum absolute atomic E-state index is 2.95. The molecule has 0 aromatic heterocycles. The minimum Gasteiger partial charge on any atom is -0.300 e. The molecule has 3 heteroatoms. The van der Waals surface area contributed by atoms with Crippen molar-refractivity contribution >= 4 is 18.5 Å². The first-order chi connectivity index (χ1) is 5.01. The molecular formula is C8H19NP2. The first-order valence-corrected chi connectivity index (χ1v) is 5.48. The lowest BCUT2D eigenvalue weighted by Crippen LogP contribution is -2.44. The van der Waals surface area contributed by atoms with Crippen LogP contribution in [0.3, 0.4) is 0 Å². The highest BCUT2D eigenvalue weighted by atomic mass is 31.1. The van der Waals surface area contributed by atoms with Crippen LogP contribution in [0.1, 0.15) is 26.7 Å². The van der Waals surface area contributed by atoms with Crippen LogP contribution in [-0.2, 0) is 0 Å². The van der Waals surface area contributed by atoms with Crippen molar-refractivity contribution < 1.29 is 0 Å². The number of hydrogen-bond acceptors (Lipinski definition) is 1. The summed E-state index contributed by atoms with van der Waals surface area (Å²) in [7, 11) is 5.91. The largest absolute Gasteiger partial charge is 0.300 e. The van der Waals surface area contributed by atoms with Crippen LogP contribution < -0.4 is 0 Å². The molecule has 1 fully saturated rings. The van der Waals surface area contributed by atoms with Gasteiger partial charge in [-0.2, -0.15) is 0 Å². The molecule has 0 aliphatic carbocycles. The number of likely N-dealkylation sites (tertiary alicyclic amines) is 1. The third kappa shape index (κ3) is 2.98. The molecule has 0 N–H and O–H groups in total. The van der Waals surface area contributed by atoms with Gasteiger partial charge in [-0.1, -0.05) is 0 Å². The molecule has 0 saturated carbocycles. The zero-order valence-electron chi connectivity index (χ0n) is 7.51. The summed E-state index contributed by atoms with van der Waals surface area (Å²) in [5, 5.41) is 0. The summed E-state index contributed by atoms with van der Waals surface area (Å²) < 4.78 is 0. The number of rotatable bonds is 1. The molecule has 1 heterocycles. The Hall–Kier alpha value is 0.820. The zero-order valence-corrected chi connectivity index (χ0v) is 9.82. The van der Waals surface area contributed by atoms with Crippen molar-refractivity contribution in [3.8, 4) is 0 Å². The van der Waals surface area contributed by atoms with Gasteiger partial charge in [0.05, 0.1) is 0 Å². The van der Waals surface area contributed by atoms with Gasteiger partial charge < -0.3 is 0 Å². The third-order valence-electron chi connectivity index (χ3n) is 2.32. The fourth-order valence-electron chi connectivity index (χ4n) is 1.59. The molecule has 1 aliphatic heterocycles. The lowest BCUT2D eigenvalue weighted by atomic mass is 10.1. The minimum atomic E-state index is 0.391. The van der Waals surface area contributed by atoms with Crippen LogP contribution in [0.25, 0.3) is 0 Å². The van der Waals surface area contributed by atoms with E-state index in [0.29, 0.717) is 10.9 Å². The molecule has 1 nitrogen and oxygen atoms in total. The number of piperidine rings is 1. The molecule has 1 saturated heterocycles. The van der Waals surface area contributed by atoms with E-state index in [1.54, 1.807) is 0 Å². The second kappa shape index (κ2) is 3.69. The Morgan fingerprint density at radius 3 is 2.36 bits per heavy atom. The summed E-state index contributed by atoms with van der Waals surface area (Å²) in [6, 6.07) is 0.704. The monoisotopic (exact) mass is 191 g/mol.